The van der Waals surface area contributed by atoms with Crippen molar-refractivity contribution in [3.8, 4) is 0 Å². The molecule has 0 saturated carbocycles. The maximum absolute atomic E-state index is 9.89. The van der Waals surface area contributed by atoms with E-state index in [4.69, 9.17) is 30.6 Å². The van der Waals surface area contributed by atoms with Gasteiger partial charge in [-0.3, -0.25) is 0 Å². The van der Waals surface area contributed by atoms with Crippen molar-refractivity contribution in [2.45, 2.75) is 11.6 Å². The number of carbonyl (C=O) groups is 2. The van der Waals surface area contributed by atoms with Gasteiger partial charge >= 0.3 is 74.9 Å². The fourth-order valence-corrected chi connectivity index (χ4v) is 0.298. The molecule has 0 radical (unpaired) electrons. The van der Waals surface area contributed by atoms with Gasteiger partial charge in [-0.1, -0.05) is 0 Å². The molecule has 0 amide bonds. The Morgan fingerprint density at radius 2 is 0.923 bits per heavy atom. The molecule has 0 saturated heterocycles. The van der Waals surface area contributed by atoms with Crippen molar-refractivity contribution in [2.24, 2.45) is 0 Å². The molecule has 0 bridgehead atoms. The number of hydrogen-bond donors (Lipinski definition) is 6. The molecule has 0 aromatic carbocycles. The fourth-order valence-electron chi connectivity index (χ4n) is 0.298. The monoisotopic (exact) mass is 222 g/mol. The van der Waals surface area contributed by atoms with Crippen LogP contribution in [-0.4, -0.2) is 106 Å². The van der Waals surface area contributed by atoms with E-state index in [2.05, 4.69) is 0 Å². The van der Waals surface area contributed by atoms with E-state index in [1.54, 1.807) is 0 Å². The van der Waals surface area contributed by atoms with E-state index in [1.165, 1.54) is 0 Å². The van der Waals surface area contributed by atoms with Gasteiger partial charge in [0, 0.05) is 0 Å². The van der Waals surface area contributed by atoms with Crippen LogP contribution in [0.3, 0.4) is 0 Å². The van der Waals surface area contributed by atoms with Crippen molar-refractivity contribution in [3.63, 3.8) is 0 Å². The molecular weight excluding hydrogens is 215 g/mol. The summed E-state index contributed by atoms with van der Waals surface area (Å²) in [7, 11) is 0. The van der Waals surface area contributed by atoms with E-state index in [-0.39, 0.29) is 51.4 Å². The summed E-state index contributed by atoms with van der Waals surface area (Å²) in [5.41, 5.74) is 0. The predicted molar refractivity (Wildman–Crippen MR) is 36.8 cm³/mol. The van der Waals surface area contributed by atoms with Gasteiger partial charge in [0.25, 0.3) is 0 Å². The van der Waals surface area contributed by atoms with Crippen LogP contribution >= 0.6 is 0 Å². The third kappa shape index (κ3) is 2.94. The van der Waals surface area contributed by atoms with Crippen LogP contribution in [0.5, 0.6) is 0 Å². The maximum atomic E-state index is 9.89. The molecule has 13 heavy (non-hydrogen) atoms. The summed E-state index contributed by atoms with van der Waals surface area (Å²) in [6.45, 7) is 0. The Labute approximate surface area is 114 Å². The van der Waals surface area contributed by atoms with Crippen LogP contribution in [0.1, 0.15) is 0 Å². The van der Waals surface area contributed by atoms with Gasteiger partial charge in [0.2, 0.25) is 0 Å². The first-order chi connectivity index (χ1) is 5.14. The molecule has 8 nitrogen and oxygen atoms in total. The number of rotatable bonds is 3. The average molecular weight is 222 g/mol. The molecule has 0 heterocycles. The SMILES string of the molecule is O=C(O)C(O)(O)C(O)(O)C(=O)O.[KH]. The summed E-state index contributed by atoms with van der Waals surface area (Å²) in [5, 5.41) is 49.3. The van der Waals surface area contributed by atoms with Crippen LogP contribution < -0.4 is 0 Å². The molecule has 0 atom stereocenters. The zero-order valence-electron chi connectivity index (χ0n) is 5.50. The molecule has 0 aromatic heterocycles. The van der Waals surface area contributed by atoms with E-state index in [0.29, 0.717) is 0 Å². The van der Waals surface area contributed by atoms with Crippen LogP contribution in [0.15, 0.2) is 0 Å². The summed E-state index contributed by atoms with van der Waals surface area (Å²) in [4.78, 5) is 19.8. The normalized spacial score (nSPS) is 11.7. The Balaban J connectivity index is 0. The van der Waals surface area contributed by atoms with Crippen molar-refractivity contribution in [1.29, 1.82) is 0 Å². The molecule has 6 N–H and O–H groups in total. The van der Waals surface area contributed by atoms with E-state index < -0.39 is 23.5 Å². The van der Waals surface area contributed by atoms with Gasteiger partial charge in [-0.05, 0) is 0 Å². The Bertz CT molecular complexity index is 196. The Morgan fingerprint density at radius 1 is 0.769 bits per heavy atom. The summed E-state index contributed by atoms with van der Waals surface area (Å²) in [5.74, 6) is -13.3. The molecule has 72 valence electrons. The van der Waals surface area contributed by atoms with Crippen molar-refractivity contribution in [1.82, 2.24) is 0 Å². The number of hydrogen-bond acceptors (Lipinski definition) is 6. The van der Waals surface area contributed by atoms with Crippen molar-refractivity contribution in [2.75, 3.05) is 0 Å². The molecule has 0 fully saturated rings. The second-order valence-corrected chi connectivity index (χ2v) is 1.95. The first-order valence-corrected chi connectivity index (χ1v) is 2.50. The van der Waals surface area contributed by atoms with E-state index >= 15 is 0 Å². The van der Waals surface area contributed by atoms with E-state index in [0.717, 1.165) is 0 Å². The molecule has 0 unspecified atom stereocenters. The van der Waals surface area contributed by atoms with Gasteiger partial charge in [0.1, 0.15) is 0 Å². The van der Waals surface area contributed by atoms with Crippen LogP contribution in [0.25, 0.3) is 0 Å². The number of carboxylic acid groups (broad SMARTS) is 2. The summed E-state index contributed by atoms with van der Waals surface area (Å²) in [6, 6.07) is 0. The van der Waals surface area contributed by atoms with Gasteiger partial charge in [-0.2, -0.15) is 0 Å². The zero-order chi connectivity index (χ0) is 10.2. The topological polar surface area (TPSA) is 156 Å². The quantitative estimate of drug-likeness (QED) is 0.208. The fraction of sp³-hybridized carbons (Fsp3) is 0.500. The Kier molecular flexibility index (Phi) is 5.82. The van der Waals surface area contributed by atoms with Crippen molar-refractivity contribution < 1.29 is 40.2 Å². The van der Waals surface area contributed by atoms with Crippen LogP contribution in [-0.2, 0) is 9.59 Å². The average Bonchev–Trinajstić information content (AvgIpc) is 1.86. The minimum atomic E-state index is -4.15. The zero-order valence-corrected chi connectivity index (χ0v) is 5.50. The van der Waals surface area contributed by atoms with Crippen LogP contribution in [0.4, 0.5) is 0 Å². The second kappa shape index (κ2) is 4.77. The predicted octanol–water partition coefficient (Wildman–Crippen LogP) is -4.13. The van der Waals surface area contributed by atoms with Crippen LogP contribution in [0, 0.1) is 0 Å². The van der Waals surface area contributed by atoms with Gasteiger partial charge in [0.15, 0.2) is 0 Å². The minimum absolute atomic E-state index is 0. The first kappa shape index (κ1) is 15.9. The van der Waals surface area contributed by atoms with Gasteiger partial charge < -0.3 is 30.6 Å². The molecular formula is C4H7KO8. The molecule has 9 heteroatoms. The van der Waals surface area contributed by atoms with Crippen molar-refractivity contribution in [3.05, 3.63) is 0 Å². The third-order valence-electron chi connectivity index (χ3n) is 1.08. The van der Waals surface area contributed by atoms with E-state index in [1.807, 2.05) is 0 Å². The first-order valence-electron chi connectivity index (χ1n) is 2.50. The Hall–Kier alpha value is 0.416. The summed E-state index contributed by atoms with van der Waals surface area (Å²) in [6.07, 6.45) is 0. The molecule has 0 rings (SSSR count). The van der Waals surface area contributed by atoms with Gasteiger partial charge in [-0.15, -0.1) is 0 Å². The van der Waals surface area contributed by atoms with Gasteiger partial charge in [-0.25, -0.2) is 9.59 Å². The molecule has 0 aliphatic heterocycles. The Morgan fingerprint density at radius 3 is 1.00 bits per heavy atom. The number of aliphatic hydroxyl groups is 4. The molecule has 0 aromatic rings. The molecule has 0 aliphatic rings. The summed E-state index contributed by atoms with van der Waals surface area (Å²) < 4.78 is 0. The third-order valence-corrected chi connectivity index (χ3v) is 1.08. The standard InChI is InChI=1S/C4H6O8.K.H/c5-1(6)3(9,10)4(11,12)2(7)8;;/h9-12H,(H,5,6)(H,7,8);;. The van der Waals surface area contributed by atoms with E-state index in [9.17, 15) is 9.59 Å². The molecule has 0 spiro atoms. The van der Waals surface area contributed by atoms with Crippen molar-refractivity contribution >= 4 is 63.3 Å². The van der Waals surface area contributed by atoms with Gasteiger partial charge in [0.05, 0.1) is 0 Å². The molecule has 0 aliphatic carbocycles. The second-order valence-electron chi connectivity index (χ2n) is 1.95. The number of carboxylic acids is 2. The summed E-state index contributed by atoms with van der Waals surface area (Å²) >= 11 is 0. The number of aliphatic carboxylic acids is 2. The van der Waals surface area contributed by atoms with Crippen LogP contribution in [0.2, 0.25) is 0 Å².